The van der Waals surface area contributed by atoms with E-state index in [1.54, 1.807) is 0 Å². The van der Waals surface area contributed by atoms with Gasteiger partial charge in [-0.3, -0.25) is 0 Å². The van der Waals surface area contributed by atoms with Gasteiger partial charge in [0.05, 0.1) is 0 Å². The molecule has 1 aromatic heterocycles. The Morgan fingerprint density at radius 2 is 1.76 bits per heavy atom. The summed E-state index contributed by atoms with van der Waals surface area (Å²) in [6.07, 6.45) is 1.48. The van der Waals surface area contributed by atoms with Gasteiger partial charge in [-0.05, 0) is 29.8 Å². The van der Waals surface area contributed by atoms with Crippen LogP contribution in [0.15, 0.2) is 54.9 Å². The van der Waals surface area contributed by atoms with Gasteiger partial charge in [-0.2, -0.15) is 0 Å². The molecule has 0 aliphatic carbocycles. The molecule has 1 aliphatic heterocycles. The Morgan fingerprint density at radius 1 is 0.960 bits per heavy atom. The molecule has 0 spiro atoms. The maximum atomic E-state index is 6.19. The van der Waals surface area contributed by atoms with Gasteiger partial charge >= 0.3 is 0 Å². The lowest BCUT2D eigenvalue weighted by atomic mass is 10.2. The molecule has 0 atom stereocenters. The molecule has 0 unspecified atom stereocenters. The first-order chi connectivity index (χ1) is 12.3. The fourth-order valence-corrected chi connectivity index (χ4v) is 2.53. The highest BCUT2D eigenvalue weighted by Gasteiger charge is 2.13. The third-order valence-corrected chi connectivity index (χ3v) is 3.82. The Hall–Kier alpha value is -3.48. The summed E-state index contributed by atoms with van der Waals surface area (Å²) in [6.45, 7) is 0.822. The lowest BCUT2D eigenvalue weighted by molar-refractivity contribution is 0.174. The summed E-state index contributed by atoms with van der Waals surface area (Å²) in [7, 11) is 0. The molecule has 4 N–H and O–H groups in total. The zero-order valence-corrected chi connectivity index (χ0v) is 13.4. The monoisotopic (exact) mass is 335 g/mol. The van der Waals surface area contributed by atoms with Gasteiger partial charge in [0.25, 0.3) is 0 Å². The number of nitrogen functional groups attached to an aromatic ring is 1. The maximum absolute atomic E-state index is 6.19. The van der Waals surface area contributed by atoms with Crippen LogP contribution in [0.25, 0.3) is 0 Å². The van der Waals surface area contributed by atoms with Crippen molar-refractivity contribution in [2.45, 2.75) is 6.54 Å². The van der Waals surface area contributed by atoms with Gasteiger partial charge in [-0.1, -0.05) is 24.3 Å². The van der Waals surface area contributed by atoms with Crippen LogP contribution in [0.2, 0.25) is 0 Å². The molecular weight excluding hydrogens is 318 g/mol. The highest BCUT2D eigenvalue weighted by molar-refractivity contribution is 5.77. The topological polar surface area (TPSA) is 94.3 Å². The van der Waals surface area contributed by atoms with E-state index in [1.807, 2.05) is 48.5 Å². The summed E-state index contributed by atoms with van der Waals surface area (Å²) in [6, 6.07) is 15.5. The van der Waals surface area contributed by atoms with Crippen molar-refractivity contribution in [1.82, 2.24) is 9.97 Å². The molecule has 7 heteroatoms. The number of nitrogens with one attached hydrogen (secondary N) is 2. The number of hydrogen-bond acceptors (Lipinski definition) is 7. The summed E-state index contributed by atoms with van der Waals surface area (Å²) >= 11 is 0. The number of hydrogen-bond donors (Lipinski definition) is 3. The Kier molecular flexibility index (Phi) is 3.96. The molecular formula is C18H17N5O2. The van der Waals surface area contributed by atoms with Crippen molar-refractivity contribution in [3.8, 4) is 11.5 Å². The first-order valence-electron chi connectivity index (χ1n) is 7.84. The predicted octanol–water partition coefficient (Wildman–Crippen LogP) is 3.14. The number of fused-ring (bicyclic) bond motifs is 1. The molecule has 7 nitrogen and oxygen atoms in total. The number of rotatable bonds is 5. The average Bonchev–Trinajstić information content (AvgIpc) is 3.11. The second-order valence-corrected chi connectivity index (χ2v) is 5.52. The molecule has 0 saturated carbocycles. The fraction of sp³-hybridized carbons (Fsp3) is 0.111. The van der Waals surface area contributed by atoms with Gasteiger partial charge in [0.1, 0.15) is 12.0 Å². The van der Waals surface area contributed by atoms with Crippen LogP contribution in [0.4, 0.5) is 23.0 Å². The van der Waals surface area contributed by atoms with Crippen LogP contribution in [0.3, 0.4) is 0 Å². The van der Waals surface area contributed by atoms with E-state index in [2.05, 4.69) is 20.6 Å². The van der Waals surface area contributed by atoms with E-state index in [9.17, 15) is 0 Å². The zero-order valence-electron chi connectivity index (χ0n) is 13.4. The third kappa shape index (κ3) is 3.25. The third-order valence-electron chi connectivity index (χ3n) is 3.82. The van der Waals surface area contributed by atoms with E-state index in [1.165, 1.54) is 6.33 Å². The number of para-hydroxylation sites is 1. The quantitative estimate of drug-likeness (QED) is 0.659. The summed E-state index contributed by atoms with van der Waals surface area (Å²) in [5.74, 6) is 2.65. The highest BCUT2D eigenvalue weighted by Crippen LogP contribution is 2.33. The van der Waals surface area contributed by atoms with E-state index in [0.717, 1.165) is 22.7 Å². The van der Waals surface area contributed by atoms with Crippen molar-refractivity contribution in [3.63, 3.8) is 0 Å². The lowest BCUT2D eigenvalue weighted by Crippen LogP contribution is -2.08. The smallest absolute Gasteiger partial charge is 0.231 e. The summed E-state index contributed by atoms with van der Waals surface area (Å²) in [5, 5.41) is 6.43. The molecule has 2 heterocycles. The molecule has 126 valence electrons. The number of nitrogens with zero attached hydrogens (tertiary/aromatic N) is 2. The lowest BCUT2D eigenvalue weighted by Gasteiger charge is -2.12. The number of anilines is 4. The van der Waals surface area contributed by atoms with Crippen molar-refractivity contribution >= 4 is 23.0 Å². The second kappa shape index (κ2) is 6.56. The minimum absolute atomic E-state index is 0.263. The molecule has 0 saturated heterocycles. The number of benzene rings is 2. The standard InChI is InChI=1S/C18H17N5O2/c19-16-17(20-9-12-6-7-14-15(8-12)25-11-24-14)21-10-22-18(16)23-13-4-2-1-3-5-13/h1-8,10H,9,11,19H2,(H2,20,21,22,23). The summed E-state index contributed by atoms with van der Waals surface area (Å²) < 4.78 is 10.7. The van der Waals surface area contributed by atoms with E-state index in [-0.39, 0.29) is 6.79 Å². The normalized spacial score (nSPS) is 12.0. The Labute approximate surface area is 144 Å². The van der Waals surface area contributed by atoms with E-state index >= 15 is 0 Å². The Balaban J connectivity index is 1.48. The maximum Gasteiger partial charge on any atom is 0.231 e. The highest BCUT2D eigenvalue weighted by atomic mass is 16.7. The van der Waals surface area contributed by atoms with Crippen LogP contribution >= 0.6 is 0 Å². The van der Waals surface area contributed by atoms with Crippen molar-refractivity contribution in [3.05, 3.63) is 60.4 Å². The van der Waals surface area contributed by atoms with Crippen LogP contribution in [-0.4, -0.2) is 16.8 Å². The average molecular weight is 335 g/mol. The molecule has 2 aromatic carbocycles. The van der Waals surface area contributed by atoms with Gasteiger partial charge in [0.2, 0.25) is 6.79 Å². The van der Waals surface area contributed by atoms with Crippen LogP contribution in [0.5, 0.6) is 11.5 Å². The fourth-order valence-electron chi connectivity index (χ4n) is 2.53. The van der Waals surface area contributed by atoms with Gasteiger partial charge < -0.3 is 25.8 Å². The van der Waals surface area contributed by atoms with Crippen LogP contribution in [0, 0.1) is 0 Å². The van der Waals surface area contributed by atoms with Crippen molar-refractivity contribution in [2.24, 2.45) is 0 Å². The number of aromatic nitrogens is 2. The summed E-state index contributed by atoms with van der Waals surface area (Å²) in [4.78, 5) is 8.44. The molecule has 25 heavy (non-hydrogen) atoms. The molecule has 1 aliphatic rings. The van der Waals surface area contributed by atoms with E-state index in [4.69, 9.17) is 15.2 Å². The minimum Gasteiger partial charge on any atom is -0.454 e. The molecule has 0 amide bonds. The molecule has 0 radical (unpaired) electrons. The number of ether oxygens (including phenoxy) is 2. The molecule has 4 rings (SSSR count). The van der Waals surface area contributed by atoms with Gasteiger partial charge in [0.15, 0.2) is 23.1 Å². The van der Waals surface area contributed by atoms with Gasteiger partial charge in [-0.15, -0.1) is 0 Å². The Morgan fingerprint density at radius 3 is 2.64 bits per heavy atom. The van der Waals surface area contributed by atoms with Crippen LogP contribution in [-0.2, 0) is 6.54 Å². The SMILES string of the molecule is Nc1c(NCc2ccc3c(c2)OCO3)ncnc1Nc1ccccc1. The largest absolute Gasteiger partial charge is 0.454 e. The molecule has 0 fully saturated rings. The molecule has 3 aromatic rings. The van der Waals surface area contributed by atoms with Crippen molar-refractivity contribution in [1.29, 1.82) is 0 Å². The van der Waals surface area contributed by atoms with E-state index in [0.29, 0.717) is 23.9 Å². The van der Waals surface area contributed by atoms with Crippen molar-refractivity contribution in [2.75, 3.05) is 23.2 Å². The molecule has 0 bridgehead atoms. The zero-order chi connectivity index (χ0) is 17.1. The first-order valence-corrected chi connectivity index (χ1v) is 7.84. The van der Waals surface area contributed by atoms with Gasteiger partial charge in [-0.25, -0.2) is 9.97 Å². The summed E-state index contributed by atoms with van der Waals surface area (Å²) in [5.41, 5.74) is 8.61. The number of nitrogens with two attached hydrogens (primary N) is 1. The predicted molar refractivity (Wildman–Crippen MR) is 96.1 cm³/mol. The van der Waals surface area contributed by atoms with Crippen LogP contribution in [0.1, 0.15) is 5.56 Å². The minimum atomic E-state index is 0.263. The second-order valence-electron chi connectivity index (χ2n) is 5.52. The first kappa shape index (κ1) is 15.1. The van der Waals surface area contributed by atoms with E-state index < -0.39 is 0 Å². The van der Waals surface area contributed by atoms with Crippen LogP contribution < -0.4 is 25.8 Å². The Bertz CT molecular complexity index is 886. The van der Waals surface area contributed by atoms with Gasteiger partial charge in [0, 0.05) is 12.2 Å². The van der Waals surface area contributed by atoms with Crippen molar-refractivity contribution < 1.29 is 9.47 Å².